The van der Waals surface area contributed by atoms with Gasteiger partial charge in [-0.3, -0.25) is 14.9 Å². The third-order valence-corrected chi connectivity index (χ3v) is 3.12. The third-order valence-electron chi connectivity index (χ3n) is 2.82. The van der Waals surface area contributed by atoms with Gasteiger partial charge in [0.2, 0.25) is 0 Å². The number of nitrogens with zero attached hydrogens (tertiary/aromatic N) is 2. The van der Waals surface area contributed by atoms with Gasteiger partial charge in [-0.2, -0.15) is 0 Å². The maximum Gasteiger partial charge on any atom is 0.300 e. The number of hydrogen-bond acceptors (Lipinski definition) is 5. The van der Waals surface area contributed by atoms with E-state index >= 15 is 0 Å². The van der Waals surface area contributed by atoms with E-state index in [9.17, 15) is 14.9 Å². The zero-order chi connectivity index (χ0) is 15.8. The van der Waals surface area contributed by atoms with Crippen LogP contribution in [-0.2, 0) is 9.47 Å². The second kappa shape index (κ2) is 8.56. The van der Waals surface area contributed by atoms with Gasteiger partial charge in [0.25, 0.3) is 5.91 Å². The van der Waals surface area contributed by atoms with Crippen molar-refractivity contribution in [1.82, 2.24) is 4.90 Å². The largest absolute Gasteiger partial charge is 0.383 e. The highest BCUT2D eigenvalue weighted by molar-refractivity contribution is 6.33. The minimum atomic E-state index is -0.652. The lowest BCUT2D eigenvalue weighted by Gasteiger charge is -2.22. The normalized spacial score (nSPS) is 10.4. The number of rotatable bonds is 8. The lowest BCUT2D eigenvalue weighted by molar-refractivity contribution is -0.385. The fraction of sp³-hybridized carbons (Fsp3) is 0.462. The van der Waals surface area contributed by atoms with E-state index in [4.69, 9.17) is 21.1 Å². The van der Waals surface area contributed by atoms with Crippen LogP contribution in [0.2, 0.25) is 5.02 Å². The summed E-state index contributed by atoms with van der Waals surface area (Å²) in [6, 6.07) is 4.28. The Morgan fingerprint density at radius 1 is 1.29 bits per heavy atom. The Morgan fingerprint density at radius 3 is 2.33 bits per heavy atom. The highest BCUT2D eigenvalue weighted by atomic mass is 35.5. The van der Waals surface area contributed by atoms with Crippen LogP contribution < -0.4 is 0 Å². The van der Waals surface area contributed by atoms with E-state index in [1.165, 1.54) is 37.3 Å². The number of hydrogen-bond donors (Lipinski definition) is 0. The van der Waals surface area contributed by atoms with Crippen molar-refractivity contribution in [2.45, 2.75) is 0 Å². The molecule has 7 nitrogen and oxygen atoms in total. The van der Waals surface area contributed by atoms with Gasteiger partial charge in [0.1, 0.15) is 10.6 Å². The van der Waals surface area contributed by atoms with Crippen LogP contribution in [-0.4, -0.2) is 56.3 Å². The molecule has 0 saturated heterocycles. The average molecular weight is 317 g/mol. The van der Waals surface area contributed by atoms with Crippen molar-refractivity contribution in [3.05, 3.63) is 38.9 Å². The van der Waals surface area contributed by atoms with Gasteiger partial charge in [-0.05, 0) is 12.1 Å². The minimum absolute atomic E-state index is 0.0419. The van der Waals surface area contributed by atoms with E-state index in [1.54, 1.807) is 0 Å². The van der Waals surface area contributed by atoms with Gasteiger partial charge < -0.3 is 14.4 Å². The van der Waals surface area contributed by atoms with Crippen LogP contribution in [0.25, 0.3) is 0 Å². The van der Waals surface area contributed by atoms with Gasteiger partial charge >= 0.3 is 5.69 Å². The van der Waals surface area contributed by atoms with Crippen LogP contribution in [0.3, 0.4) is 0 Å². The summed E-state index contributed by atoms with van der Waals surface area (Å²) in [4.78, 5) is 24.4. The SMILES string of the molecule is COCCN(CCOC)C(=O)c1cccc(Cl)c1[N+](=O)[O-]. The molecule has 0 aliphatic carbocycles. The summed E-state index contributed by atoms with van der Waals surface area (Å²) in [5, 5.41) is 11.0. The number of para-hydroxylation sites is 1. The second-order valence-electron chi connectivity index (χ2n) is 4.17. The van der Waals surface area contributed by atoms with Crippen molar-refractivity contribution < 1.29 is 19.2 Å². The first kappa shape index (κ1) is 17.4. The minimum Gasteiger partial charge on any atom is -0.383 e. The van der Waals surface area contributed by atoms with E-state index in [-0.39, 0.29) is 16.3 Å². The first-order valence-corrected chi connectivity index (χ1v) is 6.60. The molecule has 0 heterocycles. The number of methoxy groups -OCH3 is 2. The van der Waals surface area contributed by atoms with Gasteiger partial charge in [-0.15, -0.1) is 0 Å². The molecule has 1 amide bonds. The molecule has 1 rings (SSSR count). The number of carbonyl (C=O) groups excluding carboxylic acids is 1. The topological polar surface area (TPSA) is 81.9 Å². The molecule has 8 heteroatoms. The van der Waals surface area contributed by atoms with E-state index in [1.807, 2.05) is 0 Å². The van der Waals surface area contributed by atoms with Crippen molar-refractivity contribution in [3.63, 3.8) is 0 Å². The molecule has 1 aromatic rings. The second-order valence-corrected chi connectivity index (χ2v) is 4.58. The lowest BCUT2D eigenvalue weighted by atomic mass is 10.1. The molecule has 0 N–H and O–H groups in total. The quantitative estimate of drug-likeness (QED) is 0.541. The standard InChI is InChI=1S/C13H17ClN2O5/c1-20-8-6-15(7-9-21-2)13(17)10-4-3-5-11(14)12(10)16(18)19/h3-5H,6-9H2,1-2H3. The van der Waals surface area contributed by atoms with Gasteiger partial charge in [0.15, 0.2) is 0 Å². The summed E-state index contributed by atoms with van der Waals surface area (Å²) in [6.07, 6.45) is 0. The number of halogens is 1. The van der Waals surface area contributed by atoms with Crippen LogP contribution in [0, 0.1) is 10.1 Å². The number of nitro benzene ring substituents is 1. The lowest BCUT2D eigenvalue weighted by Crippen LogP contribution is -2.36. The summed E-state index contributed by atoms with van der Waals surface area (Å²) < 4.78 is 9.89. The third kappa shape index (κ3) is 4.66. The highest BCUT2D eigenvalue weighted by Crippen LogP contribution is 2.29. The van der Waals surface area contributed by atoms with Crippen molar-refractivity contribution in [3.8, 4) is 0 Å². The summed E-state index contributed by atoms with van der Waals surface area (Å²) in [5.74, 6) is -0.474. The number of nitro groups is 1. The fourth-order valence-corrected chi connectivity index (χ4v) is 2.01. The maximum atomic E-state index is 12.5. The Balaban J connectivity index is 3.07. The molecular formula is C13H17ClN2O5. The van der Waals surface area contributed by atoms with Crippen LogP contribution >= 0.6 is 11.6 Å². The predicted molar refractivity (Wildman–Crippen MR) is 77.8 cm³/mol. The number of carbonyl (C=O) groups is 1. The van der Waals surface area contributed by atoms with E-state index in [2.05, 4.69) is 0 Å². The Morgan fingerprint density at radius 2 is 1.86 bits per heavy atom. The molecule has 116 valence electrons. The van der Waals surface area contributed by atoms with Gasteiger partial charge in [0.05, 0.1) is 18.1 Å². The van der Waals surface area contributed by atoms with Crippen LogP contribution in [0.5, 0.6) is 0 Å². The smallest absolute Gasteiger partial charge is 0.300 e. The average Bonchev–Trinajstić information content (AvgIpc) is 2.46. The summed E-state index contributed by atoms with van der Waals surface area (Å²) >= 11 is 5.82. The Bertz CT molecular complexity index is 501. The van der Waals surface area contributed by atoms with E-state index in [0.29, 0.717) is 26.3 Å². The number of ether oxygens (including phenoxy) is 2. The van der Waals surface area contributed by atoms with E-state index < -0.39 is 10.8 Å². The van der Waals surface area contributed by atoms with Gasteiger partial charge in [-0.1, -0.05) is 17.7 Å². The Hall–Kier alpha value is -1.70. The van der Waals surface area contributed by atoms with Crippen LogP contribution in [0.15, 0.2) is 18.2 Å². The molecule has 0 spiro atoms. The monoisotopic (exact) mass is 316 g/mol. The van der Waals surface area contributed by atoms with Crippen molar-refractivity contribution in [1.29, 1.82) is 0 Å². The van der Waals surface area contributed by atoms with Crippen molar-refractivity contribution >= 4 is 23.2 Å². The van der Waals surface area contributed by atoms with Gasteiger partial charge in [-0.25, -0.2) is 0 Å². The van der Waals surface area contributed by atoms with Crippen LogP contribution in [0.1, 0.15) is 10.4 Å². The van der Waals surface area contributed by atoms with Gasteiger partial charge in [0, 0.05) is 27.3 Å². The molecule has 0 atom stereocenters. The highest BCUT2D eigenvalue weighted by Gasteiger charge is 2.26. The Labute approximate surface area is 127 Å². The Kier molecular flexibility index (Phi) is 7.07. The molecule has 1 aromatic carbocycles. The first-order chi connectivity index (χ1) is 10.0. The molecule has 0 unspecified atom stereocenters. The predicted octanol–water partition coefficient (Wildman–Crippen LogP) is 1.98. The molecule has 0 fully saturated rings. The molecule has 0 aliphatic rings. The fourth-order valence-electron chi connectivity index (χ4n) is 1.76. The molecular weight excluding hydrogens is 300 g/mol. The van der Waals surface area contributed by atoms with Crippen molar-refractivity contribution in [2.24, 2.45) is 0 Å². The summed E-state index contributed by atoms with van der Waals surface area (Å²) in [6.45, 7) is 1.26. The number of benzene rings is 1. The van der Waals surface area contributed by atoms with Crippen molar-refractivity contribution in [2.75, 3.05) is 40.5 Å². The van der Waals surface area contributed by atoms with E-state index in [0.717, 1.165) is 0 Å². The summed E-state index contributed by atoms with van der Waals surface area (Å²) in [7, 11) is 3.03. The molecule has 0 radical (unpaired) electrons. The molecule has 0 saturated carbocycles. The molecule has 0 aliphatic heterocycles. The molecule has 21 heavy (non-hydrogen) atoms. The van der Waals surface area contributed by atoms with Crippen LogP contribution in [0.4, 0.5) is 5.69 Å². The molecule has 0 aromatic heterocycles. The zero-order valence-corrected chi connectivity index (χ0v) is 12.6. The summed E-state index contributed by atoms with van der Waals surface area (Å²) in [5.41, 5.74) is -0.427. The molecule has 0 bridgehead atoms. The zero-order valence-electron chi connectivity index (χ0n) is 11.9. The first-order valence-electron chi connectivity index (χ1n) is 6.23. The maximum absolute atomic E-state index is 12.5. The number of amides is 1.